The van der Waals surface area contributed by atoms with Gasteiger partial charge >= 0.3 is 0 Å². The number of pyridine rings is 1. The van der Waals surface area contributed by atoms with Gasteiger partial charge in [-0.15, -0.1) is 0 Å². The van der Waals surface area contributed by atoms with E-state index in [1.54, 1.807) is 24.1 Å². The first kappa shape index (κ1) is 12.6. The number of anilines is 2. The highest BCUT2D eigenvalue weighted by molar-refractivity contribution is 7.91. The molecule has 0 aromatic carbocycles. The van der Waals surface area contributed by atoms with Crippen LogP contribution in [-0.2, 0) is 9.84 Å². The number of nitrogens with zero attached hydrogens (tertiary/aromatic N) is 3. The normalized spacial score (nSPS) is 21.4. The van der Waals surface area contributed by atoms with Gasteiger partial charge in [0, 0.05) is 13.1 Å². The second-order valence-electron chi connectivity index (χ2n) is 4.39. The van der Waals surface area contributed by atoms with Gasteiger partial charge in [0.05, 0.1) is 17.2 Å². The van der Waals surface area contributed by atoms with E-state index in [0.29, 0.717) is 17.9 Å². The first-order valence-electron chi connectivity index (χ1n) is 5.53. The van der Waals surface area contributed by atoms with E-state index in [4.69, 9.17) is 11.0 Å². The molecule has 2 rings (SSSR count). The Balaban J connectivity index is 2.25. The third-order valence-electron chi connectivity index (χ3n) is 3.14. The maximum atomic E-state index is 11.4. The molecule has 1 aliphatic heterocycles. The van der Waals surface area contributed by atoms with Crippen LogP contribution in [0.2, 0.25) is 0 Å². The highest BCUT2D eigenvalue weighted by atomic mass is 32.2. The molecule has 1 aromatic rings. The molecule has 7 heteroatoms. The molecule has 0 saturated carbocycles. The Kier molecular flexibility index (Phi) is 3.13. The highest BCUT2D eigenvalue weighted by Gasteiger charge is 2.31. The van der Waals surface area contributed by atoms with Crippen molar-refractivity contribution in [3.05, 3.63) is 17.8 Å². The SMILES string of the molecule is CN(c1ccc(N)c(C#N)n1)C1CCS(=O)(=O)C1. The van der Waals surface area contributed by atoms with E-state index in [2.05, 4.69) is 4.98 Å². The summed E-state index contributed by atoms with van der Waals surface area (Å²) in [5.41, 5.74) is 6.09. The summed E-state index contributed by atoms with van der Waals surface area (Å²) in [5.74, 6) is 0.919. The molecule has 0 aliphatic carbocycles. The predicted octanol–water partition coefficient (Wildman–Crippen LogP) is 0.159. The summed E-state index contributed by atoms with van der Waals surface area (Å²) in [7, 11) is -1.15. The zero-order chi connectivity index (χ0) is 13.3. The number of aromatic nitrogens is 1. The van der Waals surface area contributed by atoms with Crippen LogP contribution in [0.25, 0.3) is 0 Å². The minimum atomic E-state index is -2.93. The van der Waals surface area contributed by atoms with Crippen LogP contribution < -0.4 is 10.6 Å². The zero-order valence-corrected chi connectivity index (χ0v) is 10.8. The van der Waals surface area contributed by atoms with Crippen molar-refractivity contribution in [2.45, 2.75) is 12.5 Å². The molecule has 1 saturated heterocycles. The summed E-state index contributed by atoms with van der Waals surface area (Å²) in [5, 5.41) is 8.87. The van der Waals surface area contributed by atoms with Gasteiger partial charge < -0.3 is 10.6 Å². The van der Waals surface area contributed by atoms with Gasteiger partial charge in [-0.1, -0.05) is 0 Å². The van der Waals surface area contributed by atoms with Crippen molar-refractivity contribution in [1.29, 1.82) is 5.26 Å². The van der Waals surface area contributed by atoms with Gasteiger partial charge in [0.2, 0.25) is 0 Å². The van der Waals surface area contributed by atoms with Gasteiger partial charge in [-0.3, -0.25) is 0 Å². The maximum absolute atomic E-state index is 11.4. The zero-order valence-electron chi connectivity index (χ0n) is 10.00. The summed E-state index contributed by atoms with van der Waals surface area (Å²) in [6.07, 6.45) is 0.590. The summed E-state index contributed by atoms with van der Waals surface area (Å²) < 4.78 is 22.9. The minimum Gasteiger partial charge on any atom is -0.396 e. The summed E-state index contributed by atoms with van der Waals surface area (Å²) in [4.78, 5) is 5.92. The van der Waals surface area contributed by atoms with E-state index in [0.717, 1.165) is 0 Å². The second kappa shape index (κ2) is 4.46. The van der Waals surface area contributed by atoms with E-state index >= 15 is 0 Å². The molecule has 0 spiro atoms. The molecular weight excluding hydrogens is 252 g/mol. The largest absolute Gasteiger partial charge is 0.396 e. The second-order valence-corrected chi connectivity index (χ2v) is 6.62. The van der Waals surface area contributed by atoms with Crippen molar-refractivity contribution in [1.82, 2.24) is 4.98 Å². The van der Waals surface area contributed by atoms with E-state index in [1.807, 2.05) is 6.07 Å². The lowest BCUT2D eigenvalue weighted by Crippen LogP contribution is -2.33. The van der Waals surface area contributed by atoms with Gasteiger partial charge in [0.15, 0.2) is 15.5 Å². The molecule has 1 fully saturated rings. The van der Waals surface area contributed by atoms with E-state index in [9.17, 15) is 8.42 Å². The number of nitrogen functional groups attached to an aromatic ring is 1. The molecule has 96 valence electrons. The molecule has 1 atom stereocenters. The standard InChI is InChI=1S/C11H14N4O2S/c1-15(8-4-5-18(16,17)7-8)11-3-2-9(13)10(6-12)14-11/h2-3,8H,4-5,7,13H2,1H3. The number of nitrogens with two attached hydrogens (primary N) is 1. The van der Waals surface area contributed by atoms with Crippen LogP contribution in [0.4, 0.5) is 11.5 Å². The lowest BCUT2D eigenvalue weighted by molar-refractivity contribution is 0.600. The number of hydrogen-bond acceptors (Lipinski definition) is 6. The van der Waals surface area contributed by atoms with Gasteiger partial charge in [-0.05, 0) is 18.6 Å². The summed E-state index contributed by atoms with van der Waals surface area (Å²) >= 11 is 0. The Hall–Kier alpha value is -1.81. The topological polar surface area (TPSA) is 100 Å². The van der Waals surface area contributed by atoms with Crippen LogP contribution >= 0.6 is 0 Å². The lowest BCUT2D eigenvalue weighted by Gasteiger charge is -2.24. The minimum absolute atomic E-state index is 0.0855. The summed E-state index contributed by atoms with van der Waals surface area (Å²) in [6.45, 7) is 0. The number of hydrogen-bond donors (Lipinski definition) is 1. The Morgan fingerprint density at radius 1 is 1.56 bits per heavy atom. The molecule has 2 heterocycles. The van der Waals surface area contributed by atoms with Crippen LogP contribution in [0.15, 0.2) is 12.1 Å². The van der Waals surface area contributed by atoms with Crippen LogP contribution in [0.3, 0.4) is 0 Å². The Bertz CT molecular complexity index is 606. The van der Waals surface area contributed by atoms with Crippen molar-refractivity contribution in [3.8, 4) is 6.07 Å². The molecule has 0 amide bonds. The Morgan fingerprint density at radius 2 is 2.28 bits per heavy atom. The van der Waals surface area contributed by atoms with Gasteiger partial charge in [-0.2, -0.15) is 5.26 Å². The molecule has 1 aliphatic rings. The van der Waals surface area contributed by atoms with Crippen molar-refractivity contribution >= 4 is 21.3 Å². The van der Waals surface area contributed by atoms with E-state index < -0.39 is 9.84 Å². The van der Waals surface area contributed by atoms with Crippen molar-refractivity contribution in [2.24, 2.45) is 0 Å². The molecule has 0 bridgehead atoms. The van der Waals surface area contributed by atoms with Crippen molar-refractivity contribution in [2.75, 3.05) is 29.2 Å². The van der Waals surface area contributed by atoms with Crippen molar-refractivity contribution in [3.63, 3.8) is 0 Å². The van der Waals surface area contributed by atoms with Crippen LogP contribution in [-0.4, -0.2) is 38.0 Å². The van der Waals surface area contributed by atoms with Crippen LogP contribution in [0.1, 0.15) is 12.1 Å². The Labute approximate surface area is 106 Å². The fourth-order valence-electron chi connectivity index (χ4n) is 2.01. The third-order valence-corrected chi connectivity index (χ3v) is 4.89. The smallest absolute Gasteiger partial charge is 0.165 e. The molecule has 6 nitrogen and oxygen atoms in total. The van der Waals surface area contributed by atoms with E-state index in [1.165, 1.54) is 0 Å². The predicted molar refractivity (Wildman–Crippen MR) is 68.8 cm³/mol. The average Bonchev–Trinajstić information content (AvgIpc) is 2.69. The summed E-state index contributed by atoms with van der Waals surface area (Å²) in [6, 6.07) is 5.14. The Morgan fingerprint density at radius 3 is 2.83 bits per heavy atom. The van der Waals surface area contributed by atoms with E-state index in [-0.39, 0.29) is 23.2 Å². The monoisotopic (exact) mass is 266 g/mol. The quantitative estimate of drug-likeness (QED) is 0.818. The molecule has 1 aromatic heterocycles. The number of sulfone groups is 1. The number of rotatable bonds is 2. The molecule has 1 unspecified atom stereocenters. The first-order chi connectivity index (χ1) is 8.43. The van der Waals surface area contributed by atoms with Crippen LogP contribution in [0.5, 0.6) is 0 Å². The molecular formula is C11H14N4O2S. The highest BCUT2D eigenvalue weighted by Crippen LogP contribution is 2.22. The number of nitriles is 1. The third kappa shape index (κ3) is 2.38. The van der Waals surface area contributed by atoms with Crippen LogP contribution in [0, 0.1) is 11.3 Å². The van der Waals surface area contributed by atoms with Gasteiger partial charge in [0.1, 0.15) is 11.9 Å². The maximum Gasteiger partial charge on any atom is 0.165 e. The fraction of sp³-hybridized carbons (Fsp3) is 0.455. The molecule has 18 heavy (non-hydrogen) atoms. The van der Waals surface area contributed by atoms with Gasteiger partial charge in [0.25, 0.3) is 0 Å². The fourth-order valence-corrected chi connectivity index (χ4v) is 3.79. The first-order valence-corrected chi connectivity index (χ1v) is 7.35. The molecule has 2 N–H and O–H groups in total. The van der Waals surface area contributed by atoms with Crippen molar-refractivity contribution < 1.29 is 8.42 Å². The average molecular weight is 266 g/mol. The molecule has 0 radical (unpaired) electrons. The van der Waals surface area contributed by atoms with Gasteiger partial charge in [-0.25, -0.2) is 13.4 Å². The lowest BCUT2D eigenvalue weighted by atomic mass is 10.2.